The van der Waals surface area contributed by atoms with Crippen LogP contribution in [0.25, 0.3) is 5.53 Å². The van der Waals surface area contributed by atoms with E-state index < -0.39 is 0 Å². The third kappa shape index (κ3) is 3.96. The molecule has 0 bridgehead atoms. The predicted octanol–water partition coefficient (Wildman–Crippen LogP) is 6.17. The number of hydrogen-bond donors (Lipinski definition) is 0. The summed E-state index contributed by atoms with van der Waals surface area (Å²) in [5.74, 6) is 2.62. The van der Waals surface area contributed by atoms with Crippen LogP contribution in [0.4, 0.5) is 0 Å². The highest BCUT2D eigenvalue weighted by Crippen LogP contribution is 2.33. The van der Waals surface area contributed by atoms with E-state index in [0.29, 0.717) is 5.71 Å². The minimum absolute atomic E-state index is 0.0557. The van der Waals surface area contributed by atoms with Crippen LogP contribution in [0.15, 0.2) is 33.2 Å². The zero-order valence-electron chi connectivity index (χ0n) is 15.0. The van der Waals surface area contributed by atoms with Crippen LogP contribution >= 0.6 is 31.9 Å². The Labute approximate surface area is 166 Å². The van der Waals surface area contributed by atoms with Gasteiger partial charge in [0.2, 0.25) is 0 Å². The molecule has 0 saturated heterocycles. The Bertz CT molecular complexity index is 891. The van der Waals surface area contributed by atoms with Crippen LogP contribution in [0.3, 0.4) is 0 Å². The largest absolute Gasteiger partial charge is 0.361 e. The topological polar surface area (TPSA) is 36.4 Å². The molecule has 0 aromatic heterocycles. The third-order valence-corrected chi connectivity index (χ3v) is 5.43. The molecule has 0 fully saturated rings. The molecule has 4 heteroatoms. The van der Waals surface area contributed by atoms with Gasteiger partial charge in [-0.25, -0.2) is 0 Å². The number of halogens is 2. The summed E-state index contributed by atoms with van der Waals surface area (Å²) in [6.45, 7) is 10.6. The summed E-state index contributed by atoms with van der Waals surface area (Å²) in [5, 5.41) is 0. The minimum atomic E-state index is 0.0557. The SMILES string of the molecule is C#Cc1cc(Br)c(C(=[N+]=[N-])c2c(C)cc(C(C)(C)C)cc2C)c(Br)c1. The number of nitrogens with zero attached hydrogens (tertiary/aromatic N) is 2. The van der Waals surface area contributed by atoms with E-state index in [4.69, 9.17) is 6.42 Å². The van der Waals surface area contributed by atoms with Gasteiger partial charge in [0.25, 0.3) is 0 Å². The Balaban J connectivity index is 2.74. The Kier molecular flexibility index (Phi) is 5.74. The van der Waals surface area contributed by atoms with Gasteiger partial charge in [-0.15, -0.1) is 6.42 Å². The summed E-state index contributed by atoms with van der Waals surface area (Å²) in [4.78, 5) is 3.62. The van der Waals surface area contributed by atoms with E-state index >= 15 is 0 Å². The smallest absolute Gasteiger partial charge is 0.332 e. The van der Waals surface area contributed by atoms with Crippen molar-refractivity contribution in [1.29, 1.82) is 0 Å². The molecule has 0 atom stereocenters. The highest BCUT2D eigenvalue weighted by molar-refractivity contribution is 9.11. The fourth-order valence-electron chi connectivity index (χ4n) is 2.88. The van der Waals surface area contributed by atoms with Gasteiger partial charge in [0.15, 0.2) is 0 Å². The van der Waals surface area contributed by atoms with Crippen LogP contribution in [-0.4, -0.2) is 10.5 Å². The maximum atomic E-state index is 9.79. The van der Waals surface area contributed by atoms with Crippen LogP contribution in [0.5, 0.6) is 0 Å². The lowest BCUT2D eigenvalue weighted by atomic mass is 9.82. The van der Waals surface area contributed by atoms with Crippen LogP contribution in [-0.2, 0) is 5.41 Å². The van der Waals surface area contributed by atoms with Gasteiger partial charge >= 0.3 is 5.71 Å². The summed E-state index contributed by atoms with van der Waals surface area (Å²) in [6.07, 6.45) is 5.49. The maximum absolute atomic E-state index is 9.79. The maximum Gasteiger partial charge on any atom is 0.332 e. The lowest BCUT2D eigenvalue weighted by Crippen LogP contribution is -2.16. The zero-order chi connectivity index (χ0) is 18.9. The van der Waals surface area contributed by atoms with Gasteiger partial charge in [0.05, 0.1) is 11.1 Å². The second-order valence-electron chi connectivity index (χ2n) is 7.14. The number of hydrogen-bond acceptors (Lipinski definition) is 0. The van der Waals surface area contributed by atoms with Crippen molar-refractivity contribution < 1.29 is 4.79 Å². The number of aryl methyl sites for hydroxylation is 2. The molecule has 0 aliphatic rings. The van der Waals surface area contributed by atoms with Crippen LogP contribution < -0.4 is 0 Å². The first kappa shape index (κ1) is 19.7. The molecule has 25 heavy (non-hydrogen) atoms. The van der Waals surface area contributed by atoms with E-state index in [1.807, 2.05) is 26.0 Å². The van der Waals surface area contributed by atoms with E-state index in [1.54, 1.807) is 0 Å². The molecule has 0 heterocycles. The van der Waals surface area contributed by atoms with Crippen molar-refractivity contribution in [2.75, 3.05) is 0 Å². The number of rotatable bonds is 2. The molecule has 0 amide bonds. The molecule has 0 aliphatic heterocycles. The van der Waals surface area contributed by atoms with Gasteiger partial charge in [0.1, 0.15) is 0 Å². The predicted molar refractivity (Wildman–Crippen MR) is 111 cm³/mol. The van der Waals surface area contributed by atoms with E-state index in [0.717, 1.165) is 36.8 Å². The Morgan fingerprint density at radius 2 is 1.48 bits per heavy atom. The van der Waals surface area contributed by atoms with Crippen molar-refractivity contribution in [3.63, 3.8) is 0 Å². The van der Waals surface area contributed by atoms with Crippen molar-refractivity contribution in [2.24, 2.45) is 0 Å². The molecule has 128 valence electrons. The Morgan fingerprint density at radius 1 is 1.00 bits per heavy atom. The molecular formula is C21H20Br2N2. The van der Waals surface area contributed by atoms with Gasteiger partial charge in [-0.1, -0.05) is 38.8 Å². The molecule has 2 aromatic carbocycles. The first-order valence-corrected chi connectivity index (χ1v) is 9.49. The lowest BCUT2D eigenvalue weighted by molar-refractivity contribution is -0.00298. The second kappa shape index (κ2) is 7.30. The van der Waals surface area contributed by atoms with Crippen LogP contribution in [0, 0.1) is 26.2 Å². The minimum Gasteiger partial charge on any atom is -0.361 e. The van der Waals surface area contributed by atoms with Gasteiger partial charge < -0.3 is 5.53 Å². The van der Waals surface area contributed by atoms with E-state index in [1.165, 1.54) is 5.56 Å². The molecule has 0 spiro atoms. The molecular weight excluding hydrogens is 440 g/mol. The van der Waals surface area contributed by atoms with Crippen molar-refractivity contribution >= 4 is 37.6 Å². The normalized spacial score (nSPS) is 11.0. The van der Waals surface area contributed by atoms with Gasteiger partial charge in [-0.3, -0.25) is 0 Å². The highest BCUT2D eigenvalue weighted by Gasteiger charge is 2.27. The quantitative estimate of drug-likeness (QED) is 0.222. The molecule has 2 nitrogen and oxygen atoms in total. The highest BCUT2D eigenvalue weighted by atomic mass is 79.9. The fraction of sp³-hybridized carbons (Fsp3) is 0.286. The fourth-order valence-corrected chi connectivity index (χ4v) is 4.44. The second-order valence-corrected chi connectivity index (χ2v) is 8.85. The van der Waals surface area contributed by atoms with Crippen molar-refractivity contribution in [3.05, 3.63) is 72.1 Å². The van der Waals surface area contributed by atoms with E-state index in [2.05, 4.69) is 75.5 Å². The van der Waals surface area contributed by atoms with Crippen LogP contribution in [0.2, 0.25) is 0 Å². The molecule has 0 unspecified atom stereocenters. The van der Waals surface area contributed by atoms with E-state index in [-0.39, 0.29) is 5.41 Å². The summed E-state index contributed by atoms with van der Waals surface area (Å²) in [6, 6.07) is 8.01. The summed E-state index contributed by atoms with van der Waals surface area (Å²) < 4.78 is 1.56. The van der Waals surface area contributed by atoms with Crippen molar-refractivity contribution in [3.8, 4) is 12.3 Å². The third-order valence-electron chi connectivity index (χ3n) is 4.18. The van der Waals surface area contributed by atoms with Crippen LogP contribution in [0.1, 0.15) is 54.2 Å². The van der Waals surface area contributed by atoms with E-state index in [9.17, 15) is 5.53 Å². The molecule has 0 radical (unpaired) electrons. The Hall–Kier alpha value is -1.66. The Morgan fingerprint density at radius 3 is 1.84 bits per heavy atom. The lowest BCUT2D eigenvalue weighted by Gasteiger charge is -2.21. The number of benzene rings is 2. The molecule has 2 aromatic rings. The average molecular weight is 460 g/mol. The summed E-state index contributed by atoms with van der Waals surface area (Å²) in [5.41, 5.74) is 16.2. The first-order valence-electron chi connectivity index (χ1n) is 7.90. The molecule has 0 saturated carbocycles. The summed E-state index contributed by atoms with van der Waals surface area (Å²) >= 11 is 7.11. The van der Waals surface area contributed by atoms with Crippen molar-refractivity contribution in [1.82, 2.24) is 0 Å². The summed E-state index contributed by atoms with van der Waals surface area (Å²) in [7, 11) is 0. The standard InChI is InChI=1S/C21H20Br2N2/c1-7-14-10-16(22)19(17(23)11-14)20(25-24)18-12(2)8-15(9-13(18)3)21(4,5)6/h1,8-11H,2-6H3. The average Bonchev–Trinajstić information content (AvgIpc) is 2.50. The molecule has 2 rings (SSSR count). The molecule has 0 N–H and O–H groups in total. The van der Waals surface area contributed by atoms with Gasteiger partial charge in [-0.05, 0) is 79.9 Å². The van der Waals surface area contributed by atoms with Gasteiger partial charge in [0, 0.05) is 14.5 Å². The monoisotopic (exact) mass is 458 g/mol. The van der Waals surface area contributed by atoms with Crippen molar-refractivity contribution in [2.45, 2.75) is 40.0 Å². The van der Waals surface area contributed by atoms with Gasteiger partial charge in [-0.2, -0.15) is 4.79 Å². The zero-order valence-corrected chi connectivity index (χ0v) is 18.2. The molecule has 0 aliphatic carbocycles. The first-order chi connectivity index (χ1) is 11.6. The number of terminal acetylenes is 1.